The van der Waals surface area contributed by atoms with Gasteiger partial charge in [-0.3, -0.25) is 4.79 Å². The van der Waals surface area contributed by atoms with Crippen LogP contribution in [-0.4, -0.2) is 11.3 Å². The van der Waals surface area contributed by atoms with Crippen LogP contribution < -0.4 is 5.73 Å². The number of carbonyl (C=O) groups excluding carboxylic acids is 1. The molecular formula is C11H23NO. The first-order valence-corrected chi connectivity index (χ1v) is 5.22. The quantitative estimate of drug-likeness (QED) is 0.691. The molecule has 0 radical (unpaired) electrons. The fourth-order valence-electron chi connectivity index (χ4n) is 1.36. The summed E-state index contributed by atoms with van der Waals surface area (Å²) in [4.78, 5) is 11.6. The Morgan fingerprint density at radius 3 is 2.38 bits per heavy atom. The lowest BCUT2D eigenvalue weighted by molar-refractivity contribution is -0.124. The summed E-state index contributed by atoms with van der Waals surface area (Å²) in [5, 5.41) is 0. The number of ketones is 1. The molecule has 1 unspecified atom stereocenters. The van der Waals surface area contributed by atoms with Gasteiger partial charge in [-0.25, -0.2) is 0 Å². The molecule has 0 aromatic carbocycles. The Bertz CT molecular complexity index is 161. The van der Waals surface area contributed by atoms with Crippen molar-refractivity contribution >= 4 is 5.78 Å². The standard InChI is InChI=1S/C11H23NO/c1-5-8-11(4,12)10(13)7-6-9(2)3/h9H,5-8,12H2,1-4H3. The molecule has 1 atom stereocenters. The molecule has 0 amide bonds. The first kappa shape index (κ1) is 12.6. The van der Waals surface area contributed by atoms with Crippen molar-refractivity contribution in [3.63, 3.8) is 0 Å². The van der Waals surface area contributed by atoms with E-state index in [0.29, 0.717) is 12.3 Å². The van der Waals surface area contributed by atoms with Crippen molar-refractivity contribution in [3.8, 4) is 0 Å². The van der Waals surface area contributed by atoms with Gasteiger partial charge in [0.2, 0.25) is 0 Å². The van der Waals surface area contributed by atoms with Crippen molar-refractivity contribution in [3.05, 3.63) is 0 Å². The van der Waals surface area contributed by atoms with Crippen molar-refractivity contribution in [1.29, 1.82) is 0 Å². The molecule has 0 fully saturated rings. The van der Waals surface area contributed by atoms with E-state index in [1.165, 1.54) is 0 Å². The number of rotatable bonds is 6. The van der Waals surface area contributed by atoms with E-state index in [1.54, 1.807) is 0 Å². The molecule has 0 rings (SSSR count). The molecule has 0 aromatic rings. The third-order valence-corrected chi connectivity index (χ3v) is 2.36. The van der Waals surface area contributed by atoms with E-state index in [4.69, 9.17) is 5.73 Å². The second-order valence-corrected chi connectivity index (χ2v) is 4.52. The van der Waals surface area contributed by atoms with E-state index in [9.17, 15) is 4.79 Å². The number of hydrogen-bond acceptors (Lipinski definition) is 2. The maximum atomic E-state index is 11.6. The van der Waals surface area contributed by atoms with Crippen LogP contribution in [0.5, 0.6) is 0 Å². The molecule has 0 saturated carbocycles. The van der Waals surface area contributed by atoms with Crippen molar-refractivity contribution in [2.45, 2.75) is 58.9 Å². The number of carbonyl (C=O) groups is 1. The van der Waals surface area contributed by atoms with E-state index in [1.807, 2.05) is 6.92 Å². The molecule has 2 N–H and O–H groups in total. The summed E-state index contributed by atoms with van der Waals surface area (Å²) in [6.45, 7) is 8.15. The maximum Gasteiger partial charge on any atom is 0.152 e. The van der Waals surface area contributed by atoms with Crippen LogP contribution in [-0.2, 0) is 4.79 Å². The maximum absolute atomic E-state index is 11.6. The van der Waals surface area contributed by atoms with Crippen LogP contribution in [0, 0.1) is 5.92 Å². The van der Waals surface area contributed by atoms with E-state index < -0.39 is 5.54 Å². The lowest BCUT2D eigenvalue weighted by atomic mass is 9.88. The largest absolute Gasteiger partial charge is 0.319 e. The molecule has 0 aliphatic carbocycles. The molecule has 2 heteroatoms. The minimum absolute atomic E-state index is 0.211. The van der Waals surface area contributed by atoms with Gasteiger partial charge < -0.3 is 5.73 Å². The monoisotopic (exact) mass is 185 g/mol. The molecule has 2 nitrogen and oxygen atoms in total. The second kappa shape index (κ2) is 5.38. The summed E-state index contributed by atoms with van der Waals surface area (Å²) >= 11 is 0. The minimum Gasteiger partial charge on any atom is -0.319 e. The molecule has 0 aliphatic rings. The molecular weight excluding hydrogens is 162 g/mol. The van der Waals surface area contributed by atoms with Gasteiger partial charge in [-0.05, 0) is 25.7 Å². The second-order valence-electron chi connectivity index (χ2n) is 4.52. The van der Waals surface area contributed by atoms with Crippen LogP contribution in [0.3, 0.4) is 0 Å². The van der Waals surface area contributed by atoms with Gasteiger partial charge in [-0.15, -0.1) is 0 Å². The third-order valence-electron chi connectivity index (χ3n) is 2.36. The fraction of sp³-hybridized carbons (Fsp3) is 0.909. The van der Waals surface area contributed by atoms with Gasteiger partial charge in [-0.2, -0.15) is 0 Å². The summed E-state index contributed by atoms with van der Waals surface area (Å²) in [6.07, 6.45) is 3.35. The summed E-state index contributed by atoms with van der Waals surface area (Å²) < 4.78 is 0. The van der Waals surface area contributed by atoms with Gasteiger partial charge in [0.15, 0.2) is 5.78 Å². The Balaban J connectivity index is 3.94. The first-order valence-electron chi connectivity index (χ1n) is 5.22. The predicted octanol–water partition coefficient (Wildman–Crippen LogP) is 2.51. The Hall–Kier alpha value is -0.370. The lowest BCUT2D eigenvalue weighted by Gasteiger charge is -2.22. The Kier molecular flexibility index (Phi) is 5.23. The topological polar surface area (TPSA) is 43.1 Å². The zero-order chi connectivity index (χ0) is 10.5. The Morgan fingerprint density at radius 1 is 1.46 bits per heavy atom. The van der Waals surface area contributed by atoms with Gasteiger partial charge in [-0.1, -0.05) is 27.2 Å². The zero-order valence-corrected chi connectivity index (χ0v) is 9.39. The lowest BCUT2D eigenvalue weighted by Crippen LogP contribution is -2.44. The van der Waals surface area contributed by atoms with Gasteiger partial charge in [0.05, 0.1) is 5.54 Å². The number of Topliss-reactive ketones (excluding diaryl/α,β-unsaturated/α-hetero) is 1. The van der Waals surface area contributed by atoms with E-state index >= 15 is 0 Å². The Morgan fingerprint density at radius 2 is 2.00 bits per heavy atom. The highest BCUT2D eigenvalue weighted by atomic mass is 16.1. The fourth-order valence-corrected chi connectivity index (χ4v) is 1.36. The van der Waals surface area contributed by atoms with Crippen LogP contribution in [0.25, 0.3) is 0 Å². The van der Waals surface area contributed by atoms with Gasteiger partial charge in [0.25, 0.3) is 0 Å². The van der Waals surface area contributed by atoms with Gasteiger partial charge in [0, 0.05) is 6.42 Å². The SMILES string of the molecule is CCCC(C)(N)C(=O)CCC(C)C. The highest BCUT2D eigenvalue weighted by Crippen LogP contribution is 2.15. The highest BCUT2D eigenvalue weighted by Gasteiger charge is 2.26. The van der Waals surface area contributed by atoms with Gasteiger partial charge >= 0.3 is 0 Å². The van der Waals surface area contributed by atoms with Crippen LogP contribution in [0.4, 0.5) is 0 Å². The van der Waals surface area contributed by atoms with E-state index in [0.717, 1.165) is 19.3 Å². The predicted molar refractivity (Wildman–Crippen MR) is 56.6 cm³/mol. The molecule has 78 valence electrons. The number of nitrogens with two attached hydrogens (primary N) is 1. The highest BCUT2D eigenvalue weighted by molar-refractivity contribution is 5.87. The van der Waals surface area contributed by atoms with E-state index in [-0.39, 0.29) is 5.78 Å². The molecule has 0 spiro atoms. The molecule has 0 saturated heterocycles. The Labute approximate surface area is 81.9 Å². The van der Waals surface area contributed by atoms with Crippen LogP contribution in [0.15, 0.2) is 0 Å². The zero-order valence-electron chi connectivity index (χ0n) is 9.39. The normalized spacial score (nSPS) is 15.8. The van der Waals surface area contributed by atoms with Crippen LogP contribution in [0.1, 0.15) is 53.4 Å². The molecule has 13 heavy (non-hydrogen) atoms. The van der Waals surface area contributed by atoms with Crippen molar-refractivity contribution in [2.24, 2.45) is 11.7 Å². The summed E-state index contributed by atoms with van der Waals surface area (Å²) in [7, 11) is 0. The van der Waals surface area contributed by atoms with E-state index in [2.05, 4.69) is 20.8 Å². The molecule has 0 aliphatic heterocycles. The van der Waals surface area contributed by atoms with Crippen molar-refractivity contribution < 1.29 is 4.79 Å². The molecule has 0 aromatic heterocycles. The van der Waals surface area contributed by atoms with Crippen molar-refractivity contribution in [1.82, 2.24) is 0 Å². The average molecular weight is 185 g/mol. The summed E-state index contributed by atoms with van der Waals surface area (Å²) in [5.41, 5.74) is 5.31. The van der Waals surface area contributed by atoms with Crippen molar-refractivity contribution in [2.75, 3.05) is 0 Å². The summed E-state index contributed by atoms with van der Waals surface area (Å²) in [6, 6.07) is 0. The number of hydrogen-bond donors (Lipinski definition) is 1. The smallest absolute Gasteiger partial charge is 0.152 e. The summed E-state index contributed by atoms with van der Waals surface area (Å²) in [5.74, 6) is 0.796. The van der Waals surface area contributed by atoms with Gasteiger partial charge in [0.1, 0.15) is 0 Å². The average Bonchev–Trinajstić information content (AvgIpc) is 1.99. The minimum atomic E-state index is -0.594. The first-order chi connectivity index (χ1) is 5.90. The molecule has 0 heterocycles. The molecule has 0 bridgehead atoms. The van der Waals surface area contributed by atoms with Crippen LogP contribution in [0.2, 0.25) is 0 Å². The third kappa shape index (κ3) is 5.04. The van der Waals surface area contributed by atoms with Crippen LogP contribution >= 0.6 is 0 Å².